The Labute approximate surface area is 149 Å². The van der Waals surface area contributed by atoms with Crippen LogP contribution in [0.25, 0.3) is 0 Å². The van der Waals surface area contributed by atoms with Crippen molar-refractivity contribution in [3.05, 3.63) is 10.4 Å². The number of anilines is 2. The minimum Gasteiger partial charge on any atom is -0.394 e. The second-order valence-electron chi connectivity index (χ2n) is 5.63. The number of unbranched alkanes of at least 4 members (excludes halogenated alkanes) is 1. The van der Waals surface area contributed by atoms with Crippen molar-refractivity contribution in [2.24, 2.45) is 0 Å². The van der Waals surface area contributed by atoms with Gasteiger partial charge in [0.15, 0.2) is 5.82 Å². The molecule has 140 valence electrons. The van der Waals surface area contributed by atoms with Gasteiger partial charge in [0.2, 0.25) is 12.4 Å². The number of carbonyl (C=O) groups excluding carboxylic acids is 1. The highest BCUT2D eigenvalue weighted by molar-refractivity contribution is 7.98. The van der Waals surface area contributed by atoms with Crippen LogP contribution >= 0.6 is 11.8 Å². The van der Waals surface area contributed by atoms with Gasteiger partial charge in [0, 0.05) is 13.0 Å². The Morgan fingerprint density at radius 3 is 2.96 bits per heavy atom. The van der Waals surface area contributed by atoms with Crippen LogP contribution < -0.4 is 16.2 Å². The summed E-state index contributed by atoms with van der Waals surface area (Å²) in [6, 6.07) is 0. The smallest absolute Gasteiger partial charge is 0.268 e. The van der Waals surface area contributed by atoms with E-state index in [1.54, 1.807) is 6.26 Å². The molecule has 9 nitrogen and oxygen atoms in total. The van der Waals surface area contributed by atoms with Crippen LogP contribution in [-0.2, 0) is 14.3 Å². The van der Waals surface area contributed by atoms with E-state index < -0.39 is 17.9 Å². The number of amides is 1. The summed E-state index contributed by atoms with van der Waals surface area (Å²) in [6.45, 7) is 2.39. The van der Waals surface area contributed by atoms with Crippen LogP contribution in [0.1, 0.15) is 26.2 Å². The topological polar surface area (TPSA) is 131 Å². The predicted molar refractivity (Wildman–Crippen MR) is 94.6 cm³/mol. The maximum absolute atomic E-state index is 12.0. The molecule has 3 atom stereocenters. The number of aliphatic hydroxyl groups is 1. The zero-order chi connectivity index (χ0) is 18.4. The summed E-state index contributed by atoms with van der Waals surface area (Å²) in [7, 11) is 0. The van der Waals surface area contributed by atoms with E-state index in [4.69, 9.17) is 15.2 Å². The Hall–Kier alpha value is -1.62. The Balaban J connectivity index is 2.24. The molecule has 0 radical (unpaired) electrons. The highest BCUT2D eigenvalue weighted by Gasteiger charge is 2.40. The number of rotatable bonds is 9. The number of aliphatic hydroxyl groups excluding tert-OH is 1. The maximum atomic E-state index is 12.0. The van der Waals surface area contributed by atoms with Crippen LogP contribution in [0.15, 0.2) is 9.69 Å². The van der Waals surface area contributed by atoms with Gasteiger partial charge in [-0.05, 0) is 12.7 Å². The van der Waals surface area contributed by atoms with E-state index in [9.17, 15) is 14.7 Å². The lowest BCUT2D eigenvalue weighted by Gasteiger charge is -2.24. The average molecular weight is 372 g/mol. The van der Waals surface area contributed by atoms with Crippen molar-refractivity contribution in [3.63, 3.8) is 0 Å². The number of hydrogen-bond acceptors (Lipinski definition) is 8. The zero-order valence-corrected chi connectivity index (χ0v) is 15.1. The number of nitrogen functional groups attached to an aromatic ring is 1. The van der Waals surface area contributed by atoms with E-state index in [0.717, 1.165) is 24.6 Å². The first kappa shape index (κ1) is 19.7. The molecule has 1 aromatic heterocycles. The number of hydrogen-bond donors (Lipinski definition) is 3. The summed E-state index contributed by atoms with van der Waals surface area (Å²) in [5.41, 5.74) is 5.19. The lowest BCUT2D eigenvalue weighted by atomic mass is 10.2. The van der Waals surface area contributed by atoms with E-state index in [-0.39, 0.29) is 29.4 Å². The van der Waals surface area contributed by atoms with Gasteiger partial charge >= 0.3 is 0 Å². The first-order valence-electron chi connectivity index (χ1n) is 8.11. The number of aromatic amines is 1. The quantitative estimate of drug-likeness (QED) is 0.321. The van der Waals surface area contributed by atoms with E-state index in [2.05, 4.69) is 16.9 Å². The second-order valence-corrected chi connectivity index (χ2v) is 6.45. The van der Waals surface area contributed by atoms with Gasteiger partial charge < -0.3 is 20.3 Å². The van der Waals surface area contributed by atoms with Gasteiger partial charge in [0.05, 0.1) is 12.7 Å². The van der Waals surface area contributed by atoms with Gasteiger partial charge in [-0.3, -0.25) is 19.5 Å². The van der Waals surface area contributed by atoms with Crippen LogP contribution in [0, 0.1) is 0 Å². The molecule has 4 N–H and O–H groups in total. The van der Waals surface area contributed by atoms with Crippen molar-refractivity contribution >= 4 is 29.9 Å². The summed E-state index contributed by atoms with van der Waals surface area (Å²) in [6.07, 6.45) is 2.96. The maximum Gasteiger partial charge on any atom is 0.268 e. The first-order valence-corrected chi connectivity index (χ1v) is 9.33. The van der Waals surface area contributed by atoms with Gasteiger partial charge in [-0.25, -0.2) is 0 Å². The molecular formula is C15H24N4O5S. The highest BCUT2D eigenvalue weighted by Crippen LogP contribution is 2.31. The number of H-pyrrole nitrogens is 1. The van der Waals surface area contributed by atoms with Crippen LogP contribution in [0.5, 0.6) is 0 Å². The Bertz CT molecular complexity index is 641. The molecule has 1 fully saturated rings. The standard InChI is InChI=1S/C15H24N4O5S/c1-3-4-5-23-9-6-11(24-10(9)7-20)19(8-21)13-12(25-2)14(22)18-15(16)17-13/h8-11,20H,3-7H2,1-2H3,(H3,16,17,18,22). The minimum atomic E-state index is -0.694. The molecule has 1 amide bonds. The molecule has 0 aromatic carbocycles. The molecule has 0 saturated carbocycles. The molecular weight excluding hydrogens is 348 g/mol. The number of thioether (sulfide) groups is 1. The summed E-state index contributed by atoms with van der Waals surface area (Å²) in [5.74, 6) is 0.0525. The molecule has 10 heteroatoms. The summed E-state index contributed by atoms with van der Waals surface area (Å²) in [4.78, 5) is 31.7. The number of aromatic nitrogens is 2. The molecule has 0 aliphatic carbocycles. The third-order valence-electron chi connectivity index (χ3n) is 3.94. The fraction of sp³-hybridized carbons (Fsp3) is 0.667. The van der Waals surface area contributed by atoms with Gasteiger partial charge in [0.25, 0.3) is 5.56 Å². The number of nitrogens with one attached hydrogen (secondary N) is 1. The van der Waals surface area contributed by atoms with Gasteiger partial charge in [0.1, 0.15) is 17.2 Å². The molecule has 1 aromatic rings. The SMILES string of the molecule is CCCCOC1CC(N(C=O)c2nc(N)[nH]c(=O)c2SC)OC1CO. The largest absolute Gasteiger partial charge is 0.394 e. The van der Waals surface area contributed by atoms with E-state index >= 15 is 0 Å². The predicted octanol–water partition coefficient (Wildman–Crippen LogP) is 0.329. The Kier molecular flexibility index (Phi) is 7.24. The summed E-state index contributed by atoms with van der Waals surface area (Å²) in [5, 5.41) is 9.52. The molecule has 3 unspecified atom stereocenters. The molecule has 2 heterocycles. The monoisotopic (exact) mass is 372 g/mol. The highest BCUT2D eigenvalue weighted by atomic mass is 32.2. The fourth-order valence-electron chi connectivity index (χ4n) is 2.67. The molecule has 1 saturated heterocycles. The Morgan fingerprint density at radius 1 is 1.60 bits per heavy atom. The molecule has 0 bridgehead atoms. The summed E-state index contributed by atoms with van der Waals surface area (Å²) < 4.78 is 11.5. The number of carbonyl (C=O) groups is 1. The molecule has 0 spiro atoms. The van der Waals surface area contributed by atoms with Crippen molar-refractivity contribution < 1.29 is 19.4 Å². The van der Waals surface area contributed by atoms with Crippen molar-refractivity contribution in [1.82, 2.24) is 9.97 Å². The Morgan fingerprint density at radius 2 is 2.36 bits per heavy atom. The zero-order valence-electron chi connectivity index (χ0n) is 14.3. The number of ether oxygens (including phenoxy) is 2. The van der Waals surface area contributed by atoms with E-state index in [1.165, 1.54) is 4.90 Å². The van der Waals surface area contributed by atoms with Crippen LogP contribution in [0.4, 0.5) is 11.8 Å². The molecule has 1 aliphatic heterocycles. The summed E-state index contributed by atoms with van der Waals surface area (Å²) >= 11 is 1.16. The van der Waals surface area contributed by atoms with Gasteiger partial charge in [-0.2, -0.15) is 4.98 Å². The lowest BCUT2D eigenvalue weighted by molar-refractivity contribution is -0.110. The normalized spacial score (nSPS) is 22.9. The number of nitrogens with zero attached hydrogens (tertiary/aromatic N) is 2. The van der Waals surface area contributed by atoms with Crippen LogP contribution in [-0.4, -0.2) is 59.4 Å². The van der Waals surface area contributed by atoms with Gasteiger partial charge in [-0.15, -0.1) is 11.8 Å². The lowest BCUT2D eigenvalue weighted by Crippen LogP contribution is -2.37. The van der Waals surface area contributed by atoms with Crippen molar-refractivity contribution in [2.45, 2.75) is 49.5 Å². The van der Waals surface area contributed by atoms with Crippen molar-refractivity contribution in [2.75, 3.05) is 30.1 Å². The number of nitrogens with two attached hydrogens (primary N) is 1. The van der Waals surface area contributed by atoms with E-state index in [0.29, 0.717) is 19.4 Å². The fourth-order valence-corrected chi connectivity index (χ4v) is 3.24. The third-order valence-corrected chi connectivity index (χ3v) is 4.72. The van der Waals surface area contributed by atoms with Crippen LogP contribution in [0.2, 0.25) is 0 Å². The average Bonchev–Trinajstić information content (AvgIpc) is 2.98. The van der Waals surface area contributed by atoms with Crippen molar-refractivity contribution in [3.8, 4) is 0 Å². The third kappa shape index (κ3) is 4.51. The molecule has 2 rings (SSSR count). The van der Waals surface area contributed by atoms with E-state index in [1.807, 2.05) is 0 Å². The van der Waals surface area contributed by atoms with Gasteiger partial charge in [-0.1, -0.05) is 13.3 Å². The van der Waals surface area contributed by atoms with Crippen LogP contribution in [0.3, 0.4) is 0 Å². The van der Waals surface area contributed by atoms with Crippen molar-refractivity contribution in [1.29, 1.82) is 0 Å². The first-order chi connectivity index (χ1) is 12.0. The molecule has 25 heavy (non-hydrogen) atoms. The molecule has 1 aliphatic rings. The second kappa shape index (κ2) is 9.18. The minimum absolute atomic E-state index is 0.0860.